The lowest BCUT2D eigenvalue weighted by molar-refractivity contribution is -0.141. The molecule has 2 aliphatic carbocycles. The van der Waals surface area contributed by atoms with Gasteiger partial charge in [-0.05, 0) is 37.8 Å². The van der Waals surface area contributed by atoms with E-state index in [1.807, 2.05) is 0 Å². The fraction of sp³-hybridized carbons (Fsp3) is 0.400. The lowest BCUT2D eigenvalue weighted by Crippen LogP contribution is -2.41. The zero-order chi connectivity index (χ0) is 25.2. The van der Waals surface area contributed by atoms with Gasteiger partial charge in [-0.25, -0.2) is 9.58 Å². The summed E-state index contributed by atoms with van der Waals surface area (Å²) in [6, 6.07) is 2.17. The molecule has 0 N–H and O–H groups in total. The molecular formula is C20H12Cl2F6N4O2. The minimum absolute atomic E-state index is 0.354. The molecule has 6 nitrogen and oxygen atoms in total. The molecule has 1 heterocycles. The standard InChI is InChI=1S/C20H12Cl2F6N4O2/c21-12-5-10(19(23,24)25)6-13(22)14(12)32-16(11(7-29)15(30-32)20(26,27)28)31(17(33)8-1-2-8)18(34)9-3-4-9/h5-6,8-9H,1-4H2. The predicted octanol–water partition coefficient (Wildman–Crippen LogP) is 5.77. The number of hydrogen-bond acceptors (Lipinski definition) is 4. The number of hydrogen-bond donors (Lipinski definition) is 0. The van der Waals surface area contributed by atoms with Gasteiger partial charge in [-0.2, -0.15) is 36.7 Å². The molecular weight excluding hydrogens is 513 g/mol. The molecule has 0 aliphatic heterocycles. The largest absolute Gasteiger partial charge is 0.436 e. The van der Waals surface area contributed by atoms with Crippen LogP contribution >= 0.6 is 23.2 Å². The van der Waals surface area contributed by atoms with E-state index in [0.29, 0.717) is 47.4 Å². The van der Waals surface area contributed by atoms with E-state index in [0.717, 1.165) is 0 Å². The summed E-state index contributed by atoms with van der Waals surface area (Å²) in [5, 5.41) is 11.4. The van der Waals surface area contributed by atoms with Gasteiger partial charge in [0.05, 0.1) is 15.6 Å². The minimum Gasteiger partial charge on any atom is -0.274 e. The Hall–Kier alpha value is -2.78. The number of alkyl halides is 6. The van der Waals surface area contributed by atoms with Crippen molar-refractivity contribution in [2.75, 3.05) is 4.90 Å². The van der Waals surface area contributed by atoms with E-state index in [1.54, 1.807) is 0 Å². The van der Waals surface area contributed by atoms with Crippen LogP contribution < -0.4 is 4.90 Å². The topological polar surface area (TPSA) is 79.0 Å². The van der Waals surface area contributed by atoms with Gasteiger partial charge in [-0.3, -0.25) is 9.59 Å². The van der Waals surface area contributed by atoms with E-state index in [9.17, 15) is 41.2 Å². The number of anilines is 1. The molecule has 2 aromatic rings. The molecule has 4 rings (SSSR count). The second-order valence-electron chi connectivity index (χ2n) is 7.92. The van der Waals surface area contributed by atoms with Crippen LogP contribution in [0.4, 0.5) is 32.2 Å². The molecule has 0 atom stereocenters. The van der Waals surface area contributed by atoms with Gasteiger partial charge in [0.15, 0.2) is 11.5 Å². The highest BCUT2D eigenvalue weighted by atomic mass is 35.5. The maximum absolute atomic E-state index is 13.7. The third-order valence-electron chi connectivity index (χ3n) is 5.30. The predicted molar refractivity (Wildman–Crippen MR) is 106 cm³/mol. The number of nitriles is 1. The molecule has 2 amide bonds. The Morgan fingerprint density at radius 2 is 1.44 bits per heavy atom. The van der Waals surface area contributed by atoms with Crippen molar-refractivity contribution < 1.29 is 35.9 Å². The third-order valence-corrected chi connectivity index (χ3v) is 5.88. The lowest BCUT2D eigenvalue weighted by Gasteiger charge is -2.23. The van der Waals surface area contributed by atoms with Crippen molar-refractivity contribution in [2.45, 2.75) is 38.0 Å². The Kier molecular flexibility index (Phi) is 5.85. The molecule has 14 heteroatoms. The van der Waals surface area contributed by atoms with Gasteiger partial charge in [0.1, 0.15) is 17.3 Å². The molecule has 2 aliphatic rings. The van der Waals surface area contributed by atoms with Crippen molar-refractivity contribution in [3.05, 3.63) is 39.0 Å². The molecule has 0 unspecified atom stereocenters. The highest BCUT2D eigenvalue weighted by Crippen LogP contribution is 2.45. The molecule has 180 valence electrons. The molecule has 34 heavy (non-hydrogen) atoms. The monoisotopic (exact) mass is 524 g/mol. The second-order valence-corrected chi connectivity index (χ2v) is 8.73. The Labute approximate surface area is 197 Å². The van der Waals surface area contributed by atoms with Crippen molar-refractivity contribution in [1.82, 2.24) is 9.78 Å². The first-order valence-electron chi connectivity index (χ1n) is 9.80. The van der Waals surface area contributed by atoms with Crippen LogP contribution in [0.3, 0.4) is 0 Å². The molecule has 2 saturated carbocycles. The van der Waals surface area contributed by atoms with E-state index in [-0.39, 0.29) is 0 Å². The van der Waals surface area contributed by atoms with E-state index < -0.39 is 74.4 Å². The van der Waals surface area contributed by atoms with Gasteiger partial charge < -0.3 is 0 Å². The Bertz CT molecular complexity index is 1190. The van der Waals surface area contributed by atoms with Crippen LogP contribution in [0.5, 0.6) is 0 Å². The van der Waals surface area contributed by atoms with Crippen LogP contribution in [0.1, 0.15) is 42.5 Å². The highest BCUT2D eigenvalue weighted by Gasteiger charge is 2.48. The average Bonchev–Trinajstić information content (AvgIpc) is 3.63. The number of nitrogens with zero attached hydrogens (tertiary/aromatic N) is 4. The first-order valence-corrected chi connectivity index (χ1v) is 10.6. The van der Waals surface area contributed by atoms with Gasteiger partial charge in [0, 0.05) is 11.8 Å². The Morgan fingerprint density at radius 3 is 1.79 bits per heavy atom. The fourth-order valence-corrected chi connectivity index (χ4v) is 3.99. The summed E-state index contributed by atoms with van der Waals surface area (Å²) in [4.78, 5) is 26.5. The van der Waals surface area contributed by atoms with Crippen molar-refractivity contribution >= 4 is 40.8 Å². The zero-order valence-corrected chi connectivity index (χ0v) is 18.3. The summed E-state index contributed by atoms with van der Waals surface area (Å²) in [5.74, 6) is -3.81. The van der Waals surface area contributed by atoms with Crippen LogP contribution in [0.25, 0.3) is 5.69 Å². The van der Waals surface area contributed by atoms with Crippen LogP contribution in [0, 0.1) is 23.2 Å². The van der Waals surface area contributed by atoms with Crippen molar-refractivity contribution in [1.29, 1.82) is 5.26 Å². The van der Waals surface area contributed by atoms with E-state index >= 15 is 0 Å². The average molecular weight is 525 g/mol. The number of amides is 2. The van der Waals surface area contributed by atoms with Gasteiger partial charge in [-0.1, -0.05) is 23.2 Å². The summed E-state index contributed by atoms with van der Waals surface area (Å²) in [7, 11) is 0. The molecule has 1 aromatic heterocycles. The molecule has 0 bridgehead atoms. The number of carbonyl (C=O) groups is 2. The summed E-state index contributed by atoms with van der Waals surface area (Å²) in [5.41, 5.74) is -4.82. The molecule has 0 radical (unpaired) electrons. The molecule has 1 aromatic carbocycles. The molecule has 0 saturated heterocycles. The van der Waals surface area contributed by atoms with E-state index in [2.05, 4.69) is 5.10 Å². The van der Waals surface area contributed by atoms with E-state index in [1.165, 1.54) is 6.07 Å². The van der Waals surface area contributed by atoms with Crippen molar-refractivity contribution in [3.8, 4) is 11.8 Å². The van der Waals surface area contributed by atoms with Crippen LogP contribution in [0.15, 0.2) is 12.1 Å². The van der Waals surface area contributed by atoms with Gasteiger partial charge in [0.2, 0.25) is 11.8 Å². The quantitative estimate of drug-likeness (QED) is 0.375. The number of rotatable bonds is 4. The summed E-state index contributed by atoms with van der Waals surface area (Å²) < 4.78 is 81.0. The number of halogens is 8. The first-order chi connectivity index (χ1) is 15.8. The smallest absolute Gasteiger partial charge is 0.274 e. The van der Waals surface area contributed by atoms with Gasteiger partial charge in [-0.15, -0.1) is 0 Å². The Morgan fingerprint density at radius 1 is 0.971 bits per heavy atom. The summed E-state index contributed by atoms with van der Waals surface area (Å²) in [6.45, 7) is 0. The second kappa shape index (κ2) is 8.16. The molecule has 0 spiro atoms. The zero-order valence-electron chi connectivity index (χ0n) is 16.8. The maximum Gasteiger partial charge on any atom is 0.436 e. The van der Waals surface area contributed by atoms with E-state index in [4.69, 9.17) is 23.2 Å². The number of imide groups is 1. The number of benzene rings is 1. The fourth-order valence-electron chi connectivity index (χ4n) is 3.35. The highest BCUT2D eigenvalue weighted by molar-refractivity contribution is 6.38. The van der Waals surface area contributed by atoms with Gasteiger partial charge >= 0.3 is 12.4 Å². The SMILES string of the molecule is N#Cc1c(C(F)(F)F)nn(-c2c(Cl)cc(C(F)(F)F)cc2Cl)c1N(C(=O)C1CC1)C(=O)C1CC1. The number of carbonyl (C=O) groups excluding carboxylic acids is 2. The first kappa shape index (κ1) is 24.3. The normalized spacial score (nSPS) is 16.3. The van der Waals surface area contributed by atoms with Crippen LogP contribution in [0.2, 0.25) is 10.0 Å². The van der Waals surface area contributed by atoms with Crippen LogP contribution in [-0.2, 0) is 21.9 Å². The third kappa shape index (κ3) is 4.34. The van der Waals surface area contributed by atoms with Gasteiger partial charge in [0.25, 0.3) is 0 Å². The maximum atomic E-state index is 13.7. The Balaban J connectivity index is 2.02. The van der Waals surface area contributed by atoms with Crippen LogP contribution in [-0.4, -0.2) is 21.6 Å². The minimum atomic E-state index is -5.20. The van der Waals surface area contributed by atoms with Crippen molar-refractivity contribution in [2.24, 2.45) is 11.8 Å². The van der Waals surface area contributed by atoms with Crippen molar-refractivity contribution in [3.63, 3.8) is 0 Å². The lowest BCUT2D eigenvalue weighted by atomic mass is 10.1. The summed E-state index contributed by atoms with van der Waals surface area (Å²) in [6.07, 6.45) is -8.53. The summed E-state index contributed by atoms with van der Waals surface area (Å²) >= 11 is 12.0. The molecule has 2 fully saturated rings. The number of aromatic nitrogens is 2.